The van der Waals surface area contributed by atoms with Crippen LogP contribution in [0, 0.1) is 0 Å². The van der Waals surface area contributed by atoms with E-state index in [2.05, 4.69) is 10.1 Å². The Balaban J connectivity index is 0.00000128. The SMILES string of the molecule is CCOCc1nc(C2(N)CCCC2)no1.Cl. The fourth-order valence-corrected chi connectivity index (χ4v) is 1.93. The number of hydrogen-bond donors (Lipinski definition) is 1. The molecule has 5 nitrogen and oxygen atoms in total. The van der Waals surface area contributed by atoms with Crippen molar-refractivity contribution in [1.29, 1.82) is 0 Å². The molecule has 1 fully saturated rings. The summed E-state index contributed by atoms with van der Waals surface area (Å²) in [6.45, 7) is 2.95. The zero-order valence-electron chi connectivity index (χ0n) is 9.44. The molecule has 92 valence electrons. The molecule has 1 aromatic heterocycles. The molecule has 0 atom stereocenters. The Morgan fingerprint density at radius 2 is 2.12 bits per heavy atom. The van der Waals surface area contributed by atoms with Crippen LogP contribution in [0.2, 0.25) is 0 Å². The second-order valence-electron chi connectivity index (χ2n) is 4.01. The molecule has 0 aromatic carbocycles. The van der Waals surface area contributed by atoms with Gasteiger partial charge in [0, 0.05) is 6.61 Å². The first kappa shape index (κ1) is 13.4. The van der Waals surface area contributed by atoms with Gasteiger partial charge < -0.3 is 15.0 Å². The van der Waals surface area contributed by atoms with Gasteiger partial charge in [0.05, 0.1) is 5.54 Å². The third-order valence-corrected chi connectivity index (χ3v) is 2.84. The summed E-state index contributed by atoms with van der Waals surface area (Å²) in [4.78, 5) is 4.27. The highest BCUT2D eigenvalue weighted by atomic mass is 35.5. The van der Waals surface area contributed by atoms with E-state index in [1.807, 2.05) is 6.92 Å². The quantitative estimate of drug-likeness (QED) is 0.878. The first-order valence-corrected chi connectivity index (χ1v) is 5.44. The third-order valence-electron chi connectivity index (χ3n) is 2.84. The lowest BCUT2D eigenvalue weighted by Crippen LogP contribution is -2.34. The molecule has 1 aliphatic carbocycles. The van der Waals surface area contributed by atoms with Crippen molar-refractivity contribution in [2.24, 2.45) is 5.73 Å². The average molecular weight is 248 g/mol. The number of nitrogens with zero attached hydrogens (tertiary/aromatic N) is 2. The van der Waals surface area contributed by atoms with Crippen molar-refractivity contribution >= 4 is 12.4 Å². The van der Waals surface area contributed by atoms with Crippen LogP contribution in [0.5, 0.6) is 0 Å². The van der Waals surface area contributed by atoms with Gasteiger partial charge in [0.25, 0.3) is 5.89 Å². The van der Waals surface area contributed by atoms with Crippen molar-refractivity contribution in [3.05, 3.63) is 11.7 Å². The Morgan fingerprint density at radius 3 is 2.75 bits per heavy atom. The third kappa shape index (κ3) is 2.72. The van der Waals surface area contributed by atoms with Crippen LogP contribution in [0.25, 0.3) is 0 Å². The molecule has 0 aliphatic heterocycles. The van der Waals surface area contributed by atoms with E-state index >= 15 is 0 Å². The van der Waals surface area contributed by atoms with E-state index in [0.717, 1.165) is 25.7 Å². The number of ether oxygens (including phenoxy) is 1. The minimum absolute atomic E-state index is 0. The maximum atomic E-state index is 6.20. The maximum Gasteiger partial charge on any atom is 0.252 e. The molecule has 0 unspecified atom stereocenters. The van der Waals surface area contributed by atoms with E-state index in [4.69, 9.17) is 15.0 Å². The molecule has 2 rings (SSSR count). The zero-order chi connectivity index (χ0) is 10.7. The van der Waals surface area contributed by atoms with Crippen LogP contribution in [-0.4, -0.2) is 16.7 Å². The molecule has 6 heteroatoms. The molecular weight excluding hydrogens is 230 g/mol. The predicted molar refractivity (Wildman–Crippen MR) is 61.2 cm³/mol. The molecule has 2 N–H and O–H groups in total. The van der Waals surface area contributed by atoms with Gasteiger partial charge in [-0.05, 0) is 19.8 Å². The van der Waals surface area contributed by atoms with Crippen LogP contribution in [0.15, 0.2) is 4.52 Å². The van der Waals surface area contributed by atoms with Crippen molar-refractivity contribution in [3.63, 3.8) is 0 Å². The molecule has 1 aromatic rings. The second-order valence-corrected chi connectivity index (χ2v) is 4.01. The summed E-state index contributed by atoms with van der Waals surface area (Å²) in [5.41, 5.74) is 5.83. The van der Waals surface area contributed by atoms with E-state index in [1.54, 1.807) is 0 Å². The predicted octanol–water partition coefficient (Wildman–Crippen LogP) is 1.76. The normalized spacial score (nSPS) is 18.4. The van der Waals surface area contributed by atoms with Crippen molar-refractivity contribution in [1.82, 2.24) is 10.1 Å². The lowest BCUT2D eigenvalue weighted by Gasteiger charge is -2.17. The van der Waals surface area contributed by atoms with Gasteiger partial charge in [0.1, 0.15) is 6.61 Å². The van der Waals surface area contributed by atoms with E-state index in [1.165, 1.54) is 0 Å². The molecule has 0 saturated heterocycles. The van der Waals surface area contributed by atoms with E-state index in [9.17, 15) is 0 Å². The molecule has 0 amide bonds. The first-order valence-electron chi connectivity index (χ1n) is 5.44. The van der Waals surface area contributed by atoms with Gasteiger partial charge in [-0.2, -0.15) is 4.98 Å². The molecule has 0 radical (unpaired) electrons. The second kappa shape index (κ2) is 5.61. The number of halogens is 1. The van der Waals surface area contributed by atoms with Gasteiger partial charge in [-0.3, -0.25) is 0 Å². The maximum absolute atomic E-state index is 6.20. The summed E-state index contributed by atoms with van der Waals surface area (Å²) < 4.78 is 10.3. The highest BCUT2D eigenvalue weighted by Gasteiger charge is 2.35. The standard InChI is InChI=1S/C10H17N3O2.ClH/c1-2-14-7-8-12-9(13-15-8)10(11)5-3-4-6-10;/h2-7,11H2,1H3;1H. The summed E-state index contributed by atoms with van der Waals surface area (Å²) >= 11 is 0. The minimum atomic E-state index is -0.367. The lowest BCUT2D eigenvalue weighted by atomic mass is 9.99. The van der Waals surface area contributed by atoms with E-state index < -0.39 is 0 Å². The molecule has 0 spiro atoms. The fraction of sp³-hybridized carbons (Fsp3) is 0.800. The minimum Gasteiger partial charge on any atom is -0.372 e. The first-order chi connectivity index (χ1) is 7.24. The van der Waals surface area contributed by atoms with Gasteiger partial charge in [0.15, 0.2) is 5.82 Å². The number of aromatic nitrogens is 2. The Morgan fingerprint density at radius 1 is 1.44 bits per heavy atom. The van der Waals surface area contributed by atoms with Gasteiger partial charge in [-0.25, -0.2) is 0 Å². The van der Waals surface area contributed by atoms with Gasteiger partial charge >= 0.3 is 0 Å². The smallest absolute Gasteiger partial charge is 0.252 e. The molecule has 0 bridgehead atoms. The number of nitrogens with two attached hydrogens (primary N) is 1. The Bertz CT molecular complexity index is 324. The monoisotopic (exact) mass is 247 g/mol. The van der Waals surface area contributed by atoms with Gasteiger partial charge in [-0.15, -0.1) is 12.4 Å². The Hall–Kier alpha value is -0.650. The topological polar surface area (TPSA) is 74.2 Å². The summed E-state index contributed by atoms with van der Waals surface area (Å²) in [6, 6.07) is 0. The Kier molecular flexibility index (Phi) is 4.70. The van der Waals surface area contributed by atoms with Crippen molar-refractivity contribution in [2.45, 2.75) is 44.8 Å². The van der Waals surface area contributed by atoms with Gasteiger partial charge in [0.2, 0.25) is 0 Å². The molecule has 16 heavy (non-hydrogen) atoms. The summed E-state index contributed by atoms with van der Waals surface area (Å²) in [6.07, 6.45) is 4.18. The van der Waals surface area contributed by atoms with E-state index in [-0.39, 0.29) is 17.9 Å². The molecular formula is C10H18ClN3O2. The number of rotatable bonds is 4. The number of hydrogen-bond acceptors (Lipinski definition) is 5. The lowest BCUT2D eigenvalue weighted by molar-refractivity contribution is 0.109. The summed E-state index contributed by atoms with van der Waals surface area (Å²) in [7, 11) is 0. The largest absolute Gasteiger partial charge is 0.372 e. The van der Waals surface area contributed by atoms with Crippen LogP contribution >= 0.6 is 12.4 Å². The highest BCUT2D eigenvalue weighted by Crippen LogP contribution is 2.34. The zero-order valence-corrected chi connectivity index (χ0v) is 10.3. The van der Waals surface area contributed by atoms with Crippen LogP contribution in [-0.2, 0) is 16.9 Å². The fourth-order valence-electron chi connectivity index (χ4n) is 1.93. The molecule has 1 saturated carbocycles. The Labute approximate surface area is 101 Å². The van der Waals surface area contributed by atoms with Crippen LogP contribution < -0.4 is 5.73 Å². The van der Waals surface area contributed by atoms with Crippen LogP contribution in [0.4, 0.5) is 0 Å². The van der Waals surface area contributed by atoms with Crippen molar-refractivity contribution in [3.8, 4) is 0 Å². The van der Waals surface area contributed by atoms with Gasteiger partial charge in [-0.1, -0.05) is 18.0 Å². The highest BCUT2D eigenvalue weighted by molar-refractivity contribution is 5.85. The van der Waals surface area contributed by atoms with E-state index in [0.29, 0.717) is 24.9 Å². The average Bonchev–Trinajstić information content (AvgIpc) is 2.84. The molecule has 1 heterocycles. The van der Waals surface area contributed by atoms with Crippen LogP contribution in [0.1, 0.15) is 44.3 Å². The summed E-state index contributed by atoms with van der Waals surface area (Å²) in [5, 5.41) is 3.93. The summed E-state index contributed by atoms with van der Waals surface area (Å²) in [5.74, 6) is 1.15. The van der Waals surface area contributed by atoms with Crippen molar-refractivity contribution in [2.75, 3.05) is 6.61 Å². The van der Waals surface area contributed by atoms with Crippen molar-refractivity contribution < 1.29 is 9.26 Å². The molecule has 1 aliphatic rings. The van der Waals surface area contributed by atoms with Crippen LogP contribution in [0.3, 0.4) is 0 Å².